The number of anilines is 1. The fourth-order valence-corrected chi connectivity index (χ4v) is 2.75. The van der Waals surface area contributed by atoms with Crippen molar-refractivity contribution in [2.75, 3.05) is 5.73 Å². The number of hydrogen-bond donors (Lipinski definition) is 1. The Morgan fingerprint density at radius 3 is 2.67 bits per heavy atom. The SMILES string of the molecule is CCCc1cc(N)nc(-c2ncc(Br)cc2Br)n1. The van der Waals surface area contributed by atoms with Crippen LogP contribution in [0, 0.1) is 0 Å². The number of pyridine rings is 1. The Hall–Kier alpha value is -1.01. The summed E-state index contributed by atoms with van der Waals surface area (Å²) in [4.78, 5) is 13.0. The van der Waals surface area contributed by atoms with Crippen LogP contribution in [0.15, 0.2) is 27.3 Å². The van der Waals surface area contributed by atoms with E-state index in [2.05, 4.69) is 53.7 Å². The molecule has 0 amide bonds. The van der Waals surface area contributed by atoms with Gasteiger partial charge in [-0.1, -0.05) is 13.3 Å². The minimum absolute atomic E-state index is 0.472. The largest absolute Gasteiger partial charge is 0.384 e. The summed E-state index contributed by atoms with van der Waals surface area (Å²) < 4.78 is 1.74. The summed E-state index contributed by atoms with van der Waals surface area (Å²) in [6.45, 7) is 2.10. The van der Waals surface area contributed by atoms with Crippen LogP contribution in [-0.2, 0) is 6.42 Å². The van der Waals surface area contributed by atoms with Gasteiger partial charge < -0.3 is 5.73 Å². The average Bonchev–Trinajstić information content (AvgIpc) is 2.28. The fourth-order valence-electron chi connectivity index (χ4n) is 1.59. The molecule has 0 aromatic carbocycles. The minimum Gasteiger partial charge on any atom is -0.384 e. The predicted molar refractivity (Wildman–Crippen MR) is 79.1 cm³/mol. The molecule has 2 N–H and O–H groups in total. The monoisotopic (exact) mass is 370 g/mol. The average molecular weight is 372 g/mol. The van der Waals surface area contributed by atoms with Crippen LogP contribution in [0.25, 0.3) is 11.5 Å². The first kappa shape index (κ1) is 13.4. The van der Waals surface area contributed by atoms with Gasteiger partial charge in [0, 0.05) is 26.9 Å². The van der Waals surface area contributed by atoms with Crippen molar-refractivity contribution in [2.45, 2.75) is 19.8 Å². The van der Waals surface area contributed by atoms with E-state index in [1.807, 2.05) is 6.07 Å². The van der Waals surface area contributed by atoms with Crippen molar-refractivity contribution in [2.24, 2.45) is 0 Å². The van der Waals surface area contributed by atoms with E-state index in [-0.39, 0.29) is 0 Å². The van der Waals surface area contributed by atoms with Gasteiger partial charge in [0.25, 0.3) is 0 Å². The second kappa shape index (κ2) is 5.75. The van der Waals surface area contributed by atoms with Gasteiger partial charge >= 0.3 is 0 Å². The number of aryl methyl sites for hydroxylation is 1. The van der Waals surface area contributed by atoms with Crippen LogP contribution >= 0.6 is 31.9 Å². The molecule has 0 aliphatic heterocycles. The summed E-state index contributed by atoms with van der Waals surface area (Å²) >= 11 is 6.82. The van der Waals surface area contributed by atoms with Crippen LogP contribution in [0.4, 0.5) is 5.82 Å². The summed E-state index contributed by atoms with van der Waals surface area (Å²) in [5.74, 6) is 1.03. The molecule has 18 heavy (non-hydrogen) atoms. The van der Waals surface area contributed by atoms with Crippen LogP contribution in [0.1, 0.15) is 19.0 Å². The van der Waals surface area contributed by atoms with Crippen LogP contribution in [0.5, 0.6) is 0 Å². The van der Waals surface area contributed by atoms with Crippen molar-refractivity contribution < 1.29 is 0 Å². The number of rotatable bonds is 3. The standard InChI is InChI=1S/C12H12Br2N4/c1-2-3-8-5-10(15)18-12(17-8)11-9(14)4-7(13)6-16-11/h4-6H,2-3H2,1H3,(H2,15,17,18). The van der Waals surface area contributed by atoms with Crippen molar-refractivity contribution in [1.29, 1.82) is 0 Å². The van der Waals surface area contributed by atoms with E-state index in [9.17, 15) is 0 Å². The van der Waals surface area contributed by atoms with Crippen molar-refractivity contribution in [3.63, 3.8) is 0 Å². The van der Waals surface area contributed by atoms with E-state index in [1.54, 1.807) is 12.3 Å². The molecular formula is C12H12Br2N4. The Bertz CT molecular complexity index is 572. The van der Waals surface area contributed by atoms with Crippen LogP contribution in [-0.4, -0.2) is 15.0 Å². The van der Waals surface area contributed by atoms with Gasteiger partial charge in [-0.15, -0.1) is 0 Å². The highest BCUT2D eigenvalue weighted by molar-refractivity contribution is 9.11. The molecule has 4 nitrogen and oxygen atoms in total. The smallest absolute Gasteiger partial charge is 0.181 e. The molecule has 0 saturated carbocycles. The molecule has 0 fully saturated rings. The first-order valence-corrected chi connectivity index (χ1v) is 7.13. The number of nitrogens with two attached hydrogens (primary N) is 1. The zero-order valence-electron chi connectivity index (χ0n) is 9.82. The molecule has 2 aromatic heterocycles. The Labute approximate surface area is 122 Å². The molecule has 6 heteroatoms. The maximum atomic E-state index is 5.80. The lowest BCUT2D eigenvalue weighted by Gasteiger charge is -2.06. The van der Waals surface area contributed by atoms with Gasteiger partial charge in [-0.25, -0.2) is 9.97 Å². The molecule has 0 aliphatic carbocycles. The predicted octanol–water partition coefficient (Wildman–Crippen LogP) is 3.60. The number of halogens is 2. The minimum atomic E-state index is 0.472. The molecule has 0 radical (unpaired) electrons. The molecule has 2 rings (SSSR count). The van der Waals surface area contributed by atoms with Gasteiger partial charge in [-0.3, -0.25) is 4.98 Å². The van der Waals surface area contributed by atoms with E-state index >= 15 is 0 Å². The Morgan fingerprint density at radius 1 is 1.22 bits per heavy atom. The van der Waals surface area contributed by atoms with Gasteiger partial charge in [0.2, 0.25) is 0 Å². The Kier molecular flexibility index (Phi) is 4.29. The molecule has 2 aromatic rings. The lowest BCUT2D eigenvalue weighted by atomic mass is 10.2. The second-order valence-corrected chi connectivity index (χ2v) is 5.61. The van der Waals surface area contributed by atoms with Crippen LogP contribution < -0.4 is 5.73 Å². The van der Waals surface area contributed by atoms with Gasteiger partial charge in [0.1, 0.15) is 11.5 Å². The third kappa shape index (κ3) is 3.05. The summed E-state index contributed by atoms with van der Waals surface area (Å²) in [6, 6.07) is 3.72. The Balaban J connectivity index is 2.49. The highest BCUT2D eigenvalue weighted by Gasteiger charge is 2.10. The number of hydrogen-bond acceptors (Lipinski definition) is 4. The van der Waals surface area contributed by atoms with Crippen molar-refractivity contribution in [3.8, 4) is 11.5 Å². The lowest BCUT2D eigenvalue weighted by Crippen LogP contribution is -2.01. The molecule has 0 aliphatic rings. The topological polar surface area (TPSA) is 64.7 Å². The molecule has 0 unspecified atom stereocenters. The quantitative estimate of drug-likeness (QED) is 0.895. The number of nitrogens with zero attached hydrogens (tertiary/aromatic N) is 3. The maximum absolute atomic E-state index is 5.80. The van der Waals surface area contributed by atoms with Gasteiger partial charge in [-0.05, 0) is 44.3 Å². The zero-order valence-corrected chi connectivity index (χ0v) is 13.0. The normalized spacial score (nSPS) is 10.6. The molecule has 94 valence electrons. The van der Waals surface area contributed by atoms with E-state index < -0.39 is 0 Å². The van der Waals surface area contributed by atoms with Gasteiger partial charge in [-0.2, -0.15) is 0 Å². The van der Waals surface area contributed by atoms with Gasteiger partial charge in [0.15, 0.2) is 5.82 Å². The third-order valence-corrected chi connectivity index (χ3v) is 3.36. The third-order valence-electron chi connectivity index (χ3n) is 2.32. The van der Waals surface area contributed by atoms with Crippen LogP contribution in [0.3, 0.4) is 0 Å². The first-order valence-electron chi connectivity index (χ1n) is 5.55. The van der Waals surface area contributed by atoms with E-state index in [1.165, 1.54) is 0 Å². The molecule has 0 saturated heterocycles. The summed E-state index contributed by atoms with van der Waals surface area (Å²) in [6.07, 6.45) is 3.62. The first-order chi connectivity index (χ1) is 8.60. The molecule has 2 heterocycles. The molecule has 0 atom stereocenters. The maximum Gasteiger partial charge on any atom is 0.181 e. The molecule has 0 bridgehead atoms. The lowest BCUT2D eigenvalue weighted by molar-refractivity contribution is 0.875. The highest BCUT2D eigenvalue weighted by Crippen LogP contribution is 2.26. The molecular weight excluding hydrogens is 360 g/mol. The van der Waals surface area contributed by atoms with Crippen molar-refractivity contribution in [3.05, 3.63) is 33.0 Å². The van der Waals surface area contributed by atoms with Crippen molar-refractivity contribution in [1.82, 2.24) is 15.0 Å². The Morgan fingerprint density at radius 2 is 2.00 bits per heavy atom. The van der Waals surface area contributed by atoms with Crippen molar-refractivity contribution >= 4 is 37.7 Å². The number of aromatic nitrogens is 3. The van der Waals surface area contributed by atoms with Gasteiger partial charge in [0.05, 0.1) is 0 Å². The van der Waals surface area contributed by atoms with E-state index in [0.717, 1.165) is 27.5 Å². The fraction of sp³-hybridized carbons (Fsp3) is 0.250. The second-order valence-electron chi connectivity index (χ2n) is 3.84. The number of nitrogen functional groups attached to an aromatic ring is 1. The van der Waals surface area contributed by atoms with E-state index in [4.69, 9.17) is 5.73 Å². The molecule has 0 spiro atoms. The summed E-state index contributed by atoms with van der Waals surface area (Å²) in [7, 11) is 0. The highest BCUT2D eigenvalue weighted by atomic mass is 79.9. The van der Waals surface area contributed by atoms with E-state index in [0.29, 0.717) is 17.3 Å². The van der Waals surface area contributed by atoms with Crippen LogP contribution in [0.2, 0.25) is 0 Å². The summed E-state index contributed by atoms with van der Waals surface area (Å²) in [5, 5.41) is 0. The summed E-state index contributed by atoms with van der Waals surface area (Å²) in [5.41, 5.74) is 7.44. The zero-order chi connectivity index (χ0) is 13.1.